The van der Waals surface area contributed by atoms with Crippen molar-refractivity contribution in [3.05, 3.63) is 64.3 Å². The molecule has 0 spiro atoms. The summed E-state index contributed by atoms with van der Waals surface area (Å²) < 4.78 is 7.57. The largest absolute Gasteiger partial charge is 0.371 e. The second-order valence-electron chi connectivity index (χ2n) is 5.85. The van der Waals surface area contributed by atoms with Crippen molar-refractivity contribution in [3.63, 3.8) is 0 Å². The number of nitro benzene ring substituents is 1. The summed E-state index contributed by atoms with van der Waals surface area (Å²) in [4.78, 5) is 10.8. The van der Waals surface area contributed by atoms with Crippen molar-refractivity contribution < 1.29 is 9.66 Å². The molecule has 2 heterocycles. The number of hydrogen-bond acceptors (Lipinski definition) is 3. The lowest BCUT2D eigenvalue weighted by Crippen LogP contribution is -2.05. The molecule has 1 fully saturated rings. The van der Waals surface area contributed by atoms with E-state index in [-0.39, 0.29) is 16.7 Å². The topological polar surface area (TPSA) is 60.6 Å². The van der Waals surface area contributed by atoms with Gasteiger partial charge in [0.1, 0.15) is 0 Å². The third-order valence-electron chi connectivity index (χ3n) is 4.37. The van der Waals surface area contributed by atoms with Crippen LogP contribution in [0.15, 0.2) is 48.5 Å². The van der Waals surface area contributed by atoms with Crippen LogP contribution < -0.4 is 0 Å². The summed E-state index contributed by atoms with van der Waals surface area (Å²) in [7, 11) is 0. The van der Waals surface area contributed by atoms with E-state index >= 15 is 0 Å². The van der Waals surface area contributed by atoms with Gasteiger partial charge in [-0.3, -0.25) is 10.1 Å². The highest BCUT2D eigenvalue weighted by molar-refractivity contribution is 5.99. The number of nitro groups is 1. The van der Waals surface area contributed by atoms with Gasteiger partial charge in [-0.15, -0.1) is 0 Å². The molecular weight excluding hydrogens is 292 g/mol. The second kappa shape index (κ2) is 5.21. The molecule has 0 amide bonds. The molecule has 0 N–H and O–H groups in total. The molecule has 1 aromatic heterocycles. The maximum atomic E-state index is 11.2. The first-order valence-electron chi connectivity index (χ1n) is 7.59. The van der Waals surface area contributed by atoms with Crippen LogP contribution in [0.1, 0.15) is 5.69 Å². The quantitative estimate of drug-likeness (QED) is 0.417. The van der Waals surface area contributed by atoms with Crippen LogP contribution in [0.4, 0.5) is 5.69 Å². The molecule has 5 heteroatoms. The van der Waals surface area contributed by atoms with Crippen LogP contribution in [0.3, 0.4) is 0 Å². The molecule has 3 aromatic rings. The Morgan fingerprint density at radius 1 is 1.26 bits per heavy atom. The summed E-state index contributed by atoms with van der Waals surface area (Å²) in [6.07, 6.45) is 0.253. The third-order valence-corrected chi connectivity index (χ3v) is 4.37. The van der Waals surface area contributed by atoms with Crippen molar-refractivity contribution in [3.8, 4) is 11.1 Å². The van der Waals surface area contributed by atoms with Crippen LogP contribution in [-0.2, 0) is 11.3 Å². The van der Waals surface area contributed by atoms with E-state index in [1.54, 1.807) is 12.1 Å². The van der Waals surface area contributed by atoms with E-state index in [1.807, 2.05) is 36.4 Å². The number of rotatable bonds is 4. The minimum atomic E-state index is -0.342. The molecule has 23 heavy (non-hydrogen) atoms. The highest BCUT2D eigenvalue weighted by atomic mass is 16.6. The zero-order valence-electron chi connectivity index (χ0n) is 12.7. The van der Waals surface area contributed by atoms with Gasteiger partial charge in [-0.25, -0.2) is 0 Å². The van der Waals surface area contributed by atoms with Crippen LogP contribution in [0.25, 0.3) is 22.0 Å². The predicted octanol–water partition coefficient (Wildman–Crippen LogP) is 3.92. The Kier molecular flexibility index (Phi) is 3.16. The predicted molar refractivity (Wildman–Crippen MR) is 88.5 cm³/mol. The summed E-state index contributed by atoms with van der Waals surface area (Å²) in [5, 5.41) is 12.1. The molecule has 0 saturated carbocycles. The van der Waals surface area contributed by atoms with Gasteiger partial charge in [-0.05, 0) is 18.6 Å². The highest BCUT2D eigenvalue weighted by Gasteiger charge is 2.26. The molecule has 0 unspecified atom stereocenters. The van der Waals surface area contributed by atoms with Crippen LogP contribution in [0, 0.1) is 17.0 Å². The van der Waals surface area contributed by atoms with Gasteiger partial charge < -0.3 is 9.30 Å². The molecule has 1 saturated heterocycles. The summed E-state index contributed by atoms with van der Waals surface area (Å²) in [5.41, 5.74) is 4.38. The van der Waals surface area contributed by atoms with E-state index in [1.165, 1.54) is 0 Å². The van der Waals surface area contributed by atoms with E-state index in [0.29, 0.717) is 0 Å². The number of aromatic nitrogens is 1. The molecule has 1 atom stereocenters. The van der Waals surface area contributed by atoms with Gasteiger partial charge in [-0.2, -0.15) is 0 Å². The van der Waals surface area contributed by atoms with Crippen LogP contribution >= 0.6 is 0 Å². The van der Waals surface area contributed by atoms with Crippen molar-refractivity contribution in [2.75, 3.05) is 6.61 Å². The number of hydrogen-bond donors (Lipinski definition) is 0. The molecule has 5 nitrogen and oxygen atoms in total. The van der Waals surface area contributed by atoms with E-state index in [4.69, 9.17) is 4.74 Å². The van der Waals surface area contributed by atoms with Crippen LogP contribution in [-0.4, -0.2) is 22.2 Å². The zero-order chi connectivity index (χ0) is 16.0. The molecule has 0 bridgehead atoms. The highest BCUT2D eigenvalue weighted by Crippen LogP contribution is 2.37. The summed E-state index contributed by atoms with van der Waals surface area (Å²) in [6.45, 7) is 3.64. The van der Waals surface area contributed by atoms with Crippen molar-refractivity contribution >= 4 is 16.6 Å². The average Bonchev–Trinajstić information content (AvgIpc) is 3.33. The van der Waals surface area contributed by atoms with Crippen molar-refractivity contribution in [1.82, 2.24) is 4.57 Å². The molecule has 2 aromatic carbocycles. The first kappa shape index (κ1) is 14.0. The average molecular weight is 308 g/mol. The Labute approximate surface area is 133 Å². The van der Waals surface area contributed by atoms with Gasteiger partial charge in [0.25, 0.3) is 5.69 Å². The molecule has 0 aliphatic carbocycles. The molecule has 4 rings (SSSR count). The van der Waals surface area contributed by atoms with Gasteiger partial charge >= 0.3 is 0 Å². The van der Waals surface area contributed by atoms with E-state index in [2.05, 4.69) is 11.5 Å². The number of epoxide rings is 1. The normalized spacial score (nSPS) is 16.7. The summed E-state index contributed by atoms with van der Waals surface area (Å²) in [6, 6.07) is 15.1. The molecule has 1 aliphatic heterocycles. The lowest BCUT2D eigenvalue weighted by molar-refractivity contribution is -0.384. The Hall–Kier alpha value is -2.66. The molecule has 0 radical (unpaired) electrons. The number of non-ortho nitro benzene ring substituents is 1. The fourth-order valence-electron chi connectivity index (χ4n) is 3.17. The Morgan fingerprint density at radius 3 is 2.65 bits per heavy atom. The number of benzene rings is 2. The maximum absolute atomic E-state index is 11.2. The van der Waals surface area contributed by atoms with Crippen molar-refractivity contribution in [1.29, 1.82) is 0 Å². The van der Waals surface area contributed by atoms with Gasteiger partial charge in [0.05, 0.1) is 24.2 Å². The summed E-state index contributed by atoms with van der Waals surface area (Å²) >= 11 is 0. The third kappa shape index (κ3) is 2.39. The fourth-order valence-corrected chi connectivity index (χ4v) is 3.17. The standard InChI is InChI=1S/C18H16N2O3/c1-12-18(13-5-3-2-4-6-13)16-9-14(20(21)22)7-8-17(16)19(12)10-15-11-23-15/h2-9,15H,10-11H2,1H3/t15-/m1/s1. The van der Waals surface area contributed by atoms with E-state index < -0.39 is 0 Å². The maximum Gasteiger partial charge on any atom is 0.270 e. The zero-order valence-corrected chi connectivity index (χ0v) is 12.7. The molecular formula is C18H16N2O3. The SMILES string of the molecule is Cc1c(-c2ccccc2)c2cc([N+](=O)[O-])ccc2n1C[C@@H]1CO1. The van der Waals surface area contributed by atoms with Crippen molar-refractivity contribution in [2.24, 2.45) is 0 Å². The van der Waals surface area contributed by atoms with E-state index in [9.17, 15) is 10.1 Å². The first-order valence-corrected chi connectivity index (χ1v) is 7.59. The van der Waals surface area contributed by atoms with E-state index in [0.717, 1.165) is 40.9 Å². The molecule has 1 aliphatic rings. The second-order valence-corrected chi connectivity index (χ2v) is 5.85. The van der Waals surface area contributed by atoms with Crippen LogP contribution in [0.5, 0.6) is 0 Å². The fraction of sp³-hybridized carbons (Fsp3) is 0.222. The minimum Gasteiger partial charge on any atom is -0.371 e. The monoisotopic (exact) mass is 308 g/mol. The van der Waals surface area contributed by atoms with Crippen molar-refractivity contribution in [2.45, 2.75) is 19.6 Å². The van der Waals surface area contributed by atoms with Gasteiger partial charge in [0.15, 0.2) is 0 Å². The van der Waals surface area contributed by atoms with Gasteiger partial charge in [0, 0.05) is 34.3 Å². The van der Waals surface area contributed by atoms with Crippen LogP contribution in [0.2, 0.25) is 0 Å². The lowest BCUT2D eigenvalue weighted by Gasteiger charge is -2.06. The summed E-state index contributed by atoms with van der Waals surface area (Å²) in [5.74, 6) is 0. The Bertz CT molecular complexity index is 896. The first-order chi connectivity index (χ1) is 11.1. The minimum absolute atomic E-state index is 0.120. The van der Waals surface area contributed by atoms with Gasteiger partial charge in [-0.1, -0.05) is 30.3 Å². The van der Waals surface area contributed by atoms with Gasteiger partial charge in [0.2, 0.25) is 0 Å². The smallest absolute Gasteiger partial charge is 0.270 e. The Balaban J connectivity index is 1.99. The molecule has 116 valence electrons. The number of nitrogens with zero attached hydrogens (tertiary/aromatic N) is 2. The number of ether oxygens (including phenoxy) is 1. The number of fused-ring (bicyclic) bond motifs is 1. The Morgan fingerprint density at radius 2 is 2.00 bits per heavy atom. The lowest BCUT2D eigenvalue weighted by atomic mass is 10.0.